The summed E-state index contributed by atoms with van der Waals surface area (Å²) >= 11 is 9.04. The zero-order valence-corrected chi connectivity index (χ0v) is 14.3. The molecule has 1 amide bonds. The van der Waals surface area contributed by atoms with Crippen LogP contribution in [0.5, 0.6) is 5.75 Å². The fraction of sp³-hybridized carbons (Fsp3) is 0.133. The van der Waals surface area contributed by atoms with E-state index in [4.69, 9.17) is 16.3 Å². The molecule has 0 fully saturated rings. The summed E-state index contributed by atoms with van der Waals surface area (Å²) in [6.07, 6.45) is -0.918. The summed E-state index contributed by atoms with van der Waals surface area (Å²) in [5.74, 6) is -0.436. The van der Waals surface area contributed by atoms with E-state index in [1.807, 2.05) is 0 Å². The number of rotatable bonds is 5. The zero-order valence-electron chi connectivity index (χ0n) is 12.0. The first-order chi connectivity index (χ1) is 10.9. The molecule has 2 rings (SSSR count). The van der Waals surface area contributed by atoms with Gasteiger partial charge in [-0.1, -0.05) is 27.5 Å². The number of nitro benzene ring substituents is 1. The van der Waals surface area contributed by atoms with Crippen molar-refractivity contribution in [3.05, 3.63) is 62.1 Å². The second kappa shape index (κ2) is 7.43. The lowest BCUT2D eigenvalue weighted by Crippen LogP contribution is -2.30. The Morgan fingerprint density at radius 3 is 2.57 bits per heavy atom. The summed E-state index contributed by atoms with van der Waals surface area (Å²) in [5, 5.41) is 13.9. The molecular weight excluding hydrogens is 388 g/mol. The molecule has 0 radical (unpaired) electrons. The van der Waals surface area contributed by atoms with Gasteiger partial charge in [-0.25, -0.2) is 0 Å². The number of carbonyl (C=O) groups is 1. The van der Waals surface area contributed by atoms with Crippen LogP contribution in [0.1, 0.15) is 6.92 Å². The minimum Gasteiger partial charge on any atom is -0.474 e. The first kappa shape index (κ1) is 17.2. The van der Waals surface area contributed by atoms with Crippen LogP contribution in [0.25, 0.3) is 0 Å². The SMILES string of the molecule is C[C@@H](Oc1ccc(Cl)cc1[N+](=O)[O-])C(=O)Nc1ccc(Br)cc1. The van der Waals surface area contributed by atoms with Crippen molar-refractivity contribution in [2.24, 2.45) is 0 Å². The first-order valence-corrected chi connectivity index (χ1v) is 7.71. The second-order valence-corrected chi connectivity index (χ2v) is 5.98. The molecule has 6 nitrogen and oxygen atoms in total. The van der Waals surface area contributed by atoms with E-state index in [0.717, 1.165) is 4.47 Å². The van der Waals surface area contributed by atoms with Gasteiger partial charge in [0.2, 0.25) is 0 Å². The Morgan fingerprint density at radius 2 is 1.96 bits per heavy atom. The van der Waals surface area contributed by atoms with Crippen molar-refractivity contribution in [2.75, 3.05) is 5.32 Å². The summed E-state index contributed by atoms with van der Waals surface area (Å²) in [6, 6.07) is 11.0. The number of halogens is 2. The summed E-state index contributed by atoms with van der Waals surface area (Å²) in [7, 11) is 0. The standard InChI is InChI=1S/C15H12BrClN2O4/c1-9(15(20)18-12-5-2-10(16)3-6-12)23-14-7-4-11(17)8-13(14)19(21)22/h2-9H,1H3,(H,18,20)/t9-/m1/s1. The van der Waals surface area contributed by atoms with E-state index in [0.29, 0.717) is 5.69 Å². The van der Waals surface area contributed by atoms with E-state index in [1.165, 1.54) is 25.1 Å². The monoisotopic (exact) mass is 398 g/mol. The fourth-order valence-corrected chi connectivity index (χ4v) is 2.18. The van der Waals surface area contributed by atoms with E-state index in [9.17, 15) is 14.9 Å². The van der Waals surface area contributed by atoms with Crippen LogP contribution >= 0.6 is 27.5 Å². The predicted octanol–water partition coefficient (Wildman–Crippen LogP) is 4.42. The average Bonchev–Trinajstić information content (AvgIpc) is 2.51. The van der Waals surface area contributed by atoms with Gasteiger partial charge >= 0.3 is 5.69 Å². The van der Waals surface area contributed by atoms with Gasteiger partial charge in [-0.3, -0.25) is 14.9 Å². The smallest absolute Gasteiger partial charge is 0.312 e. The number of nitrogens with one attached hydrogen (secondary N) is 1. The van der Waals surface area contributed by atoms with Crippen LogP contribution in [0.15, 0.2) is 46.9 Å². The number of ether oxygens (including phenoxy) is 1. The number of nitro groups is 1. The molecule has 120 valence electrons. The van der Waals surface area contributed by atoms with Gasteiger partial charge < -0.3 is 10.1 Å². The second-order valence-electron chi connectivity index (χ2n) is 4.63. The van der Waals surface area contributed by atoms with Crippen LogP contribution in [0.2, 0.25) is 5.02 Å². The van der Waals surface area contributed by atoms with Gasteiger partial charge in [0, 0.05) is 21.2 Å². The van der Waals surface area contributed by atoms with E-state index in [1.54, 1.807) is 24.3 Å². The maximum atomic E-state index is 12.1. The predicted molar refractivity (Wildman–Crippen MR) is 91.0 cm³/mol. The molecule has 0 aliphatic rings. The number of carbonyl (C=O) groups excluding carboxylic acids is 1. The molecule has 0 aliphatic heterocycles. The van der Waals surface area contributed by atoms with Crippen molar-refractivity contribution in [2.45, 2.75) is 13.0 Å². The Balaban J connectivity index is 2.09. The zero-order chi connectivity index (χ0) is 17.0. The van der Waals surface area contributed by atoms with Gasteiger partial charge in [-0.05, 0) is 43.3 Å². The van der Waals surface area contributed by atoms with Crippen molar-refractivity contribution in [3.8, 4) is 5.75 Å². The number of nitrogens with zero attached hydrogens (tertiary/aromatic N) is 1. The normalized spacial score (nSPS) is 11.6. The topological polar surface area (TPSA) is 81.5 Å². The molecule has 2 aromatic carbocycles. The highest BCUT2D eigenvalue weighted by Crippen LogP contribution is 2.30. The molecule has 0 spiro atoms. The van der Waals surface area contributed by atoms with E-state index >= 15 is 0 Å². The average molecular weight is 400 g/mol. The number of hydrogen-bond acceptors (Lipinski definition) is 4. The van der Waals surface area contributed by atoms with Gasteiger partial charge in [0.15, 0.2) is 11.9 Å². The molecule has 0 saturated carbocycles. The van der Waals surface area contributed by atoms with Gasteiger partial charge in [0.1, 0.15) is 0 Å². The van der Waals surface area contributed by atoms with Gasteiger partial charge in [-0.2, -0.15) is 0 Å². The van der Waals surface area contributed by atoms with Crippen molar-refractivity contribution in [1.82, 2.24) is 0 Å². The quantitative estimate of drug-likeness (QED) is 0.596. The number of anilines is 1. The third kappa shape index (κ3) is 4.67. The molecule has 0 heterocycles. The Labute approximate surface area is 145 Å². The molecule has 0 aliphatic carbocycles. The lowest BCUT2D eigenvalue weighted by molar-refractivity contribution is -0.386. The van der Waals surface area contributed by atoms with Crippen LogP contribution in [0.3, 0.4) is 0 Å². The maximum Gasteiger partial charge on any atom is 0.312 e. The van der Waals surface area contributed by atoms with Crippen molar-refractivity contribution < 1.29 is 14.5 Å². The number of benzene rings is 2. The highest BCUT2D eigenvalue weighted by Gasteiger charge is 2.21. The Morgan fingerprint density at radius 1 is 1.30 bits per heavy atom. The van der Waals surface area contributed by atoms with Crippen LogP contribution in [-0.4, -0.2) is 16.9 Å². The summed E-state index contributed by atoms with van der Waals surface area (Å²) in [4.78, 5) is 22.5. The van der Waals surface area contributed by atoms with Gasteiger partial charge in [0.05, 0.1) is 4.92 Å². The van der Waals surface area contributed by atoms with Crippen LogP contribution in [0.4, 0.5) is 11.4 Å². The summed E-state index contributed by atoms with van der Waals surface area (Å²) < 4.78 is 6.28. The minimum atomic E-state index is -0.918. The van der Waals surface area contributed by atoms with Crippen LogP contribution in [-0.2, 0) is 4.79 Å². The largest absolute Gasteiger partial charge is 0.474 e. The Hall–Kier alpha value is -2.12. The molecule has 0 aromatic heterocycles. The molecule has 0 bridgehead atoms. The Kier molecular flexibility index (Phi) is 5.57. The molecule has 1 N–H and O–H groups in total. The van der Waals surface area contributed by atoms with Crippen molar-refractivity contribution in [1.29, 1.82) is 0 Å². The molecule has 23 heavy (non-hydrogen) atoms. The van der Waals surface area contributed by atoms with E-state index < -0.39 is 16.9 Å². The fourth-order valence-electron chi connectivity index (χ4n) is 1.75. The molecule has 1 atom stereocenters. The molecule has 8 heteroatoms. The lowest BCUT2D eigenvalue weighted by atomic mass is 10.2. The third-order valence-corrected chi connectivity index (χ3v) is 3.67. The summed E-state index contributed by atoms with van der Waals surface area (Å²) in [6.45, 7) is 1.51. The highest BCUT2D eigenvalue weighted by atomic mass is 79.9. The number of amides is 1. The lowest BCUT2D eigenvalue weighted by Gasteiger charge is -2.15. The van der Waals surface area contributed by atoms with E-state index in [2.05, 4.69) is 21.2 Å². The third-order valence-electron chi connectivity index (χ3n) is 2.90. The number of hydrogen-bond donors (Lipinski definition) is 1. The van der Waals surface area contributed by atoms with Crippen LogP contribution < -0.4 is 10.1 Å². The van der Waals surface area contributed by atoms with Crippen molar-refractivity contribution >= 4 is 44.8 Å². The van der Waals surface area contributed by atoms with Crippen LogP contribution in [0, 0.1) is 10.1 Å². The first-order valence-electron chi connectivity index (χ1n) is 6.54. The molecule has 0 saturated heterocycles. The molecule has 2 aromatic rings. The minimum absolute atomic E-state index is 0.0159. The maximum absolute atomic E-state index is 12.1. The molecular formula is C15H12BrClN2O4. The highest BCUT2D eigenvalue weighted by molar-refractivity contribution is 9.10. The Bertz CT molecular complexity index is 737. The van der Waals surface area contributed by atoms with E-state index in [-0.39, 0.29) is 16.5 Å². The van der Waals surface area contributed by atoms with Gasteiger partial charge in [-0.15, -0.1) is 0 Å². The summed E-state index contributed by atoms with van der Waals surface area (Å²) in [5.41, 5.74) is 0.306. The van der Waals surface area contributed by atoms with Crippen molar-refractivity contribution in [3.63, 3.8) is 0 Å². The molecule has 0 unspecified atom stereocenters. The van der Waals surface area contributed by atoms with Gasteiger partial charge in [0.25, 0.3) is 5.91 Å².